The third kappa shape index (κ3) is 5.04. The standard InChI is InChI=1S/C18H11ClF6N4O3/c1-31-11-3-2-6-26-14(11)28-16-27-13(18(23,24)25)12(15(30)29-16)32-8-4-5-10(19)9(7-8)17(20,21)22/h2-7H,1H3,(H2,26,27,28,29,30). The van der Waals surface area contributed by atoms with Crippen LogP contribution in [0.1, 0.15) is 11.3 Å². The van der Waals surface area contributed by atoms with Crippen molar-refractivity contribution in [1.82, 2.24) is 15.0 Å². The number of aromatic nitrogens is 3. The number of benzene rings is 1. The molecule has 2 aromatic heterocycles. The van der Waals surface area contributed by atoms with E-state index in [1.54, 1.807) is 0 Å². The minimum atomic E-state index is -5.19. The molecule has 0 amide bonds. The van der Waals surface area contributed by atoms with Crippen molar-refractivity contribution in [3.05, 3.63) is 63.2 Å². The summed E-state index contributed by atoms with van der Waals surface area (Å²) in [5.74, 6) is -2.62. The molecular formula is C18H11ClF6N4O3. The number of hydrogen-bond donors (Lipinski definition) is 2. The lowest BCUT2D eigenvalue weighted by molar-refractivity contribution is -0.142. The molecule has 32 heavy (non-hydrogen) atoms. The SMILES string of the molecule is COc1cccnc1Nc1nc(C(F)(F)F)c(Oc2ccc(Cl)c(C(F)(F)F)c2)c(=O)[nH]1. The molecule has 14 heteroatoms. The van der Waals surface area contributed by atoms with E-state index >= 15 is 0 Å². The molecule has 2 heterocycles. The smallest absolute Gasteiger partial charge is 0.437 e. The van der Waals surface area contributed by atoms with Crippen molar-refractivity contribution >= 4 is 23.4 Å². The lowest BCUT2D eigenvalue weighted by atomic mass is 10.2. The quantitative estimate of drug-likeness (QED) is 0.475. The number of halogens is 7. The van der Waals surface area contributed by atoms with E-state index in [-0.39, 0.29) is 11.6 Å². The summed E-state index contributed by atoms with van der Waals surface area (Å²) in [7, 11) is 1.29. The zero-order valence-electron chi connectivity index (χ0n) is 15.7. The molecule has 3 aromatic rings. The molecule has 2 N–H and O–H groups in total. The zero-order chi connectivity index (χ0) is 23.7. The van der Waals surface area contributed by atoms with Gasteiger partial charge in [0.25, 0.3) is 5.56 Å². The number of anilines is 2. The van der Waals surface area contributed by atoms with Crippen molar-refractivity contribution in [2.75, 3.05) is 12.4 Å². The Labute approximate surface area is 180 Å². The maximum absolute atomic E-state index is 13.6. The maximum Gasteiger partial charge on any atom is 0.437 e. The highest BCUT2D eigenvalue weighted by Gasteiger charge is 2.39. The first-order valence-electron chi connectivity index (χ1n) is 8.42. The lowest BCUT2D eigenvalue weighted by Gasteiger charge is -2.15. The Hall–Kier alpha value is -3.48. The average molecular weight is 481 g/mol. The Bertz CT molecular complexity index is 1200. The molecule has 0 aliphatic heterocycles. The van der Waals surface area contributed by atoms with Gasteiger partial charge in [-0.3, -0.25) is 9.78 Å². The van der Waals surface area contributed by atoms with Crippen LogP contribution < -0.4 is 20.3 Å². The van der Waals surface area contributed by atoms with Gasteiger partial charge in [0.2, 0.25) is 11.7 Å². The van der Waals surface area contributed by atoms with E-state index in [0.29, 0.717) is 6.07 Å². The largest absolute Gasteiger partial charge is 0.493 e. The van der Waals surface area contributed by atoms with Gasteiger partial charge in [0.15, 0.2) is 17.3 Å². The highest BCUT2D eigenvalue weighted by molar-refractivity contribution is 6.31. The molecule has 0 fully saturated rings. The number of nitrogens with zero attached hydrogens (tertiary/aromatic N) is 2. The maximum atomic E-state index is 13.6. The molecular weight excluding hydrogens is 470 g/mol. The first-order chi connectivity index (χ1) is 14.9. The molecule has 0 aliphatic rings. The van der Waals surface area contributed by atoms with Crippen LogP contribution in [-0.4, -0.2) is 22.1 Å². The number of hydrogen-bond acceptors (Lipinski definition) is 6. The van der Waals surface area contributed by atoms with Crippen LogP contribution in [0.25, 0.3) is 0 Å². The van der Waals surface area contributed by atoms with Crippen molar-refractivity contribution < 1.29 is 35.8 Å². The second-order valence-electron chi connectivity index (χ2n) is 6.01. The molecule has 3 rings (SSSR count). The molecule has 170 valence electrons. The number of methoxy groups -OCH3 is 1. The minimum absolute atomic E-state index is 0.0486. The van der Waals surface area contributed by atoms with E-state index in [0.717, 1.165) is 12.1 Å². The third-order valence-electron chi connectivity index (χ3n) is 3.84. The van der Waals surface area contributed by atoms with Crippen LogP contribution in [-0.2, 0) is 12.4 Å². The van der Waals surface area contributed by atoms with Crippen molar-refractivity contribution in [3.63, 3.8) is 0 Å². The normalized spacial score (nSPS) is 11.9. The fraction of sp³-hybridized carbons (Fsp3) is 0.167. The van der Waals surface area contributed by atoms with Crippen LogP contribution in [0.3, 0.4) is 0 Å². The number of rotatable bonds is 5. The Morgan fingerprint density at radius 1 is 1.09 bits per heavy atom. The Kier molecular flexibility index (Phi) is 6.21. The fourth-order valence-corrected chi connectivity index (χ4v) is 2.70. The van der Waals surface area contributed by atoms with Crippen molar-refractivity contribution in [2.45, 2.75) is 12.4 Å². The molecule has 0 atom stereocenters. The van der Waals surface area contributed by atoms with E-state index in [4.69, 9.17) is 21.1 Å². The van der Waals surface area contributed by atoms with Gasteiger partial charge in [0.1, 0.15) is 5.75 Å². The van der Waals surface area contributed by atoms with Gasteiger partial charge in [0.05, 0.1) is 17.7 Å². The summed E-state index contributed by atoms with van der Waals surface area (Å²) in [5.41, 5.74) is -4.54. The number of pyridine rings is 1. The van der Waals surface area contributed by atoms with Crippen LogP contribution in [0.2, 0.25) is 5.02 Å². The number of aromatic amines is 1. The van der Waals surface area contributed by atoms with E-state index in [1.165, 1.54) is 25.4 Å². The molecule has 0 saturated carbocycles. The summed E-state index contributed by atoms with van der Waals surface area (Å²) >= 11 is 5.48. The van der Waals surface area contributed by atoms with Gasteiger partial charge in [-0.2, -0.15) is 26.3 Å². The summed E-state index contributed by atoms with van der Waals surface area (Å²) in [5, 5.41) is 1.68. The summed E-state index contributed by atoms with van der Waals surface area (Å²) in [6, 6.07) is 4.97. The van der Waals surface area contributed by atoms with E-state index in [2.05, 4.69) is 15.3 Å². The molecule has 0 unspecified atom stereocenters. The Morgan fingerprint density at radius 2 is 1.81 bits per heavy atom. The van der Waals surface area contributed by atoms with Crippen LogP contribution in [0.4, 0.5) is 38.1 Å². The van der Waals surface area contributed by atoms with Crippen LogP contribution in [0.15, 0.2) is 41.3 Å². The van der Waals surface area contributed by atoms with Gasteiger partial charge in [-0.25, -0.2) is 9.97 Å². The fourth-order valence-electron chi connectivity index (χ4n) is 2.47. The first kappa shape index (κ1) is 23.2. The molecule has 0 aliphatic carbocycles. The third-order valence-corrected chi connectivity index (χ3v) is 4.17. The minimum Gasteiger partial charge on any atom is -0.493 e. The van der Waals surface area contributed by atoms with Gasteiger partial charge < -0.3 is 14.8 Å². The first-order valence-corrected chi connectivity index (χ1v) is 8.80. The summed E-state index contributed by atoms with van der Waals surface area (Å²) in [4.78, 5) is 21.5. The van der Waals surface area contributed by atoms with Gasteiger partial charge in [-0.15, -0.1) is 0 Å². The van der Waals surface area contributed by atoms with Crippen molar-refractivity contribution in [3.8, 4) is 17.2 Å². The molecule has 0 bridgehead atoms. The zero-order valence-corrected chi connectivity index (χ0v) is 16.5. The predicted octanol–water partition coefficient (Wildman–Crippen LogP) is 5.40. The summed E-state index contributed by atoms with van der Waals surface area (Å²) in [6.45, 7) is 0. The summed E-state index contributed by atoms with van der Waals surface area (Å²) in [6.07, 6.45) is -8.78. The van der Waals surface area contributed by atoms with E-state index < -0.39 is 51.6 Å². The molecule has 1 aromatic carbocycles. The molecule has 0 spiro atoms. The average Bonchev–Trinajstić information content (AvgIpc) is 2.69. The summed E-state index contributed by atoms with van der Waals surface area (Å²) < 4.78 is 89.6. The van der Waals surface area contributed by atoms with Gasteiger partial charge in [-0.05, 0) is 30.3 Å². The van der Waals surface area contributed by atoms with Gasteiger partial charge in [-0.1, -0.05) is 11.6 Å². The number of H-pyrrole nitrogens is 1. The van der Waals surface area contributed by atoms with Gasteiger partial charge in [0, 0.05) is 6.20 Å². The molecule has 0 radical (unpaired) electrons. The van der Waals surface area contributed by atoms with Crippen LogP contribution in [0.5, 0.6) is 17.2 Å². The number of nitrogens with one attached hydrogen (secondary N) is 2. The second-order valence-corrected chi connectivity index (χ2v) is 6.42. The Morgan fingerprint density at radius 3 is 2.44 bits per heavy atom. The molecule has 0 saturated heterocycles. The monoisotopic (exact) mass is 480 g/mol. The lowest BCUT2D eigenvalue weighted by Crippen LogP contribution is -2.21. The predicted molar refractivity (Wildman–Crippen MR) is 100 cm³/mol. The van der Waals surface area contributed by atoms with Crippen molar-refractivity contribution in [1.29, 1.82) is 0 Å². The highest BCUT2D eigenvalue weighted by Crippen LogP contribution is 2.39. The number of ether oxygens (including phenoxy) is 2. The highest BCUT2D eigenvalue weighted by atomic mass is 35.5. The van der Waals surface area contributed by atoms with Crippen LogP contribution in [0, 0.1) is 0 Å². The van der Waals surface area contributed by atoms with Crippen LogP contribution >= 0.6 is 11.6 Å². The van der Waals surface area contributed by atoms with E-state index in [1.807, 2.05) is 4.98 Å². The van der Waals surface area contributed by atoms with E-state index in [9.17, 15) is 31.1 Å². The van der Waals surface area contributed by atoms with Crippen molar-refractivity contribution in [2.24, 2.45) is 0 Å². The number of alkyl halides is 6. The van der Waals surface area contributed by atoms with Gasteiger partial charge >= 0.3 is 12.4 Å². The molecule has 7 nitrogen and oxygen atoms in total. The second kappa shape index (κ2) is 8.57. The topological polar surface area (TPSA) is 89.1 Å². The Balaban J connectivity index is 2.05.